The first kappa shape index (κ1) is 29.6. The highest BCUT2D eigenvalue weighted by atomic mass is 35.5. The van der Waals surface area contributed by atoms with Crippen LogP contribution in [-0.2, 0) is 10.2 Å². The average molecular weight is 578 g/mol. The monoisotopic (exact) mass is 577 g/mol. The van der Waals surface area contributed by atoms with Crippen molar-refractivity contribution in [1.82, 2.24) is 4.98 Å². The van der Waals surface area contributed by atoms with Crippen molar-refractivity contribution in [1.29, 1.82) is 0 Å². The largest absolute Gasteiger partial charge is 0.435 e. The third kappa shape index (κ3) is 6.04. The van der Waals surface area contributed by atoms with Gasteiger partial charge >= 0.3 is 6.61 Å². The highest BCUT2D eigenvalue weighted by Gasteiger charge is 2.36. The lowest BCUT2D eigenvalue weighted by atomic mass is 9.82. The molecule has 0 spiro atoms. The van der Waals surface area contributed by atoms with Crippen LogP contribution >= 0.6 is 11.6 Å². The molecule has 0 bridgehead atoms. The number of carbonyl (C=O) groups excluding carboxylic acids is 1. The first-order chi connectivity index (χ1) is 18.8. The summed E-state index contributed by atoms with van der Waals surface area (Å²) in [7, 11) is 1.57. The molecule has 1 fully saturated rings. The Bertz CT molecular complexity index is 1400. The van der Waals surface area contributed by atoms with Gasteiger partial charge in [-0.3, -0.25) is 4.79 Å². The number of amides is 1. The molecule has 2 atom stereocenters. The molecular formula is C29H31ClF3N3O4. The number of carbonyl (C=O) groups is 1. The standard InChI is InChI=1S/C29H31ClF3N3O4/c1-16-7-19(31)5-6-23(16)24-12-26(36-14-21(38)11-20(36)15-37)34-13-25(24)35(4)27(39)29(2,3)17-8-18(30)10-22(9-17)40-28(32)33/h5-10,12-13,20-21,28,37-38H,11,14-15H2,1-4H3/t20-,21+/m0/s1. The number of alkyl halides is 2. The second-order valence-corrected chi connectivity index (χ2v) is 10.9. The number of hydrogen-bond acceptors (Lipinski definition) is 6. The number of benzene rings is 2. The van der Waals surface area contributed by atoms with E-state index in [0.29, 0.717) is 40.2 Å². The molecule has 4 rings (SSSR count). The molecule has 2 N–H and O–H groups in total. The lowest BCUT2D eigenvalue weighted by molar-refractivity contribution is -0.122. The molecule has 0 saturated carbocycles. The fourth-order valence-electron chi connectivity index (χ4n) is 5.10. The Hall–Kier alpha value is -3.34. The van der Waals surface area contributed by atoms with E-state index < -0.39 is 29.9 Å². The molecule has 0 radical (unpaired) electrons. The summed E-state index contributed by atoms with van der Waals surface area (Å²) in [6.07, 6.45) is 1.27. The number of ether oxygens (including phenoxy) is 1. The Morgan fingerprint density at radius 2 is 1.95 bits per heavy atom. The fourth-order valence-corrected chi connectivity index (χ4v) is 5.32. The molecule has 214 valence electrons. The number of pyridine rings is 1. The van der Waals surface area contributed by atoms with Gasteiger partial charge in [-0.2, -0.15) is 8.78 Å². The SMILES string of the molecule is Cc1cc(F)ccc1-c1cc(N2C[C@H](O)C[C@H]2CO)ncc1N(C)C(=O)C(C)(C)c1cc(Cl)cc(OC(F)F)c1. The van der Waals surface area contributed by atoms with E-state index in [-0.39, 0.29) is 30.0 Å². The van der Waals surface area contributed by atoms with Crippen LogP contribution in [0.1, 0.15) is 31.4 Å². The maximum Gasteiger partial charge on any atom is 0.387 e. The summed E-state index contributed by atoms with van der Waals surface area (Å²) < 4.78 is 44.2. The van der Waals surface area contributed by atoms with Gasteiger partial charge in [0.15, 0.2) is 0 Å². The Balaban J connectivity index is 1.79. The van der Waals surface area contributed by atoms with Crippen molar-refractivity contribution in [3.63, 3.8) is 0 Å². The molecule has 1 saturated heterocycles. The van der Waals surface area contributed by atoms with Gasteiger partial charge in [-0.1, -0.05) is 17.7 Å². The molecule has 0 aliphatic carbocycles. The smallest absolute Gasteiger partial charge is 0.387 e. The number of aryl methyl sites for hydroxylation is 1. The summed E-state index contributed by atoms with van der Waals surface area (Å²) in [4.78, 5) is 21.7. The van der Waals surface area contributed by atoms with E-state index in [1.807, 2.05) is 0 Å². The van der Waals surface area contributed by atoms with Crippen LogP contribution in [0, 0.1) is 12.7 Å². The normalized spacial score (nSPS) is 17.4. The second kappa shape index (κ2) is 11.6. The maximum atomic E-state index is 14.0. The molecule has 1 amide bonds. The molecule has 3 aromatic rings. The third-order valence-electron chi connectivity index (χ3n) is 7.26. The fraction of sp³-hybridized carbons (Fsp3) is 0.379. The summed E-state index contributed by atoms with van der Waals surface area (Å²) in [6.45, 7) is 2.09. The van der Waals surface area contributed by atoms with E-state index in [0.717, 1.165) is 0 Å². The summed E-state index contributed by atoms with van der Waals surface area (Å²) in [5.74, 6) is -0.477. The zero-order valence-electron chi connectivity index (χ0n) is 22.5. The zero-order chi connectivity index (χ0) is 29.4. The molecule has 2 aromatic carbocycles. The number of aliphatic hydroxyl groups excluding tert-OH is 2. The molecule has 1 aromatic heterocycles. The van der Waals surface area contributed by atoms with Crippen molar-refractivity contribution < 1.29 is 32.9 Å². The molecule has 11 heteroatoms. The minimum absolute atomic E-state index is 0.136. The van der Waals surface area contributed by atoms with Gasteiger partial charge in [-0.15, -0.1) is 0 Å². The quantitative estimate of drug-likeness (QED) is 0.377. The van der Waals surface area contributed by atoms with E-state index >= 15 is 0 Å². The van der Waals surface area contributed by atoms with Crippen LogP contribution in [0.25, 0.3) is 11.1 Å². The molecule has 1 aliphatic heterocycles. The molecular weight excluding hydrogens is 547 g/mol. The van der Waals surface area contributed by atoms with Gasteiger partial charge in [0.1, 0.15) is 17.4 Å². The molecule has 40 heavy (non-hydrogen) atoms. The Morgan fingerprint density at radius 3 is 2.60 bits per heavy atom. The van der Waals surface area contributed by atoms with E-state index in [9.17, 15) is 28.2 Å². The van der Waals surface area contributed by atoms with Gasteiger partial charge in [0.2, 0.25) is 5.91 Å². The van der Waals surface area contributed by atoms with Crippen LogP contribution < -0.4 is 14.5 Å². The number of halogens is 4. The molecule has 1 aliphatic rings. The van der Waals surface area contributed by atoms with Crippen molar-refractivity contribution in [3.05, 3.63) is 70.6 Å². The van der Waals surface area contributed by atoms with Crippen LogP contribution in [0.2, 0.25) is 5.02 Å². The number of rotatable bonds is 8. The van der Waals surface area contributed by atoms with Crippen LogP contribution in [0.3, 0.4) is 0 Å². The highest BCUT2D eigenvalue weighted by Crippen LogP contribution is 2.39. The number of anilines is 2. The lowest BCUT2D eigenvalue weighted by Gasteiger charge is -2.32. The summed E-state index contributed by atoms with van der Waals surface area (Å²) in [6, 6.07) is 9.86. The predicted molar refractivity (Wildman–Crippen MR) is 148 cm³/mol. The van der Waals surface area contributed by atoms with E-state index in [2.05, 4.69) is 9.72 Å². The van der Waals surface area contributed by atoms with Crippen LogP contribution in [0.5, 0.6) is 5.75 Å². The number of likely N-dealkylation sites (N-methyl/N-ethyl adjacent to an activating group) is 1. The van der Waals surface area contributed by atoms with E-state index in [1.54, 1.807) is 44.9 Å². The highest BCUT2D eigenvalue weighted by molar-refractivity contribution is 6.30. The Morgan fingerprint density at radius 1 is 1.23 bits per heavy atom. The Kier molecular flexibility index (Phi) is 8.63. The van der Waals surface area contributed by atoms with Crippen LogP contribution in [0.4, 0.5) is 24.7 Å². The molecule has 7 nitrogen and oxygen atoms in total. The number of nitrogens with zero attached hydrogens (tertiary/aromatic N) is 3. The van der Waals surface area contributed by atoms with Gasteiger partial charge in [0, 0.05) is 24.2 Å². The molecule has 2 heterocycles. The minimum atomic E-state index is -3.05. The number of hydrogen-bond donors (Lipinski definition) is 2. The van der Waals surface area contributed by atoms with E-state index in [4.69, 9.17) is 11.6 Å². The first-order valence-electron chi connectivity index (χ1n) is 12.7. The Labute approximate surface area is 235 Å². The van der Waals surface area contributed by atoms with Gasteiger partial charge < -0.3 is 24.7 Å². The number of aliphatic hydroxyl groups is 2. The van der Waals surface area contributed by atoms with Crippen molar-refractivity contribution in [2.45, 2.75) is 51.4 Å². The maximum absolute atomic E-state index is 14.0. The van der Waals surface area contributed by atoms with Gasteiger partial charge in [0.25, 0.3) is 0 Å². The minimum Gasteiger partial charge on any atom is -0.435 e. The van der Waals surface area contributed by atoms with Crippen LogP contribution in [-0.4, -0.2) is 60.1 Å². The summed E-state index contributed by atoms with van der Waals surface area (Å²) in [5.41, 5.74) is 1.43. The van der Waals surface area contributed by atoms with Gasteiger partial charge in [-0.25, -0.2) is 9.37 Å². The van der Waals surface area contributed by atoms with Gasteiger partial charge in [0.05, 0.1) is 36.1 Å². The predicted octanol–water partition coefficient (Wildman–Crippen LogP) is 5.32. The van der Waals surface area contributed by atoms with Crippen molar-refractivity contribution in [2.24, 2.45) is 0 Å². The average Bonchev–Trinajstić information content (AvgIpc) is 3.27. The topological polar surface area (TPSA) is 86.1 Å². The van der Waals surface area contributed by atoms with Crippen molar-refractivity contribution in [3.8, 4) is 16.9 Å². The summed E-state index contributed by atoms with van der Waals surface area (Å²) >= 11 is 6.16. The second-order valence-electron chi connectivity index (χ2n) is 10.4. The first-order valence-corrected chi connectivity index (χ1v) is 13.1. The zero-order valence-corrected chi connectivity index (χ0v) is 23.3. The van der Waals surface area contributed by atoms with Crippen molar-refractivity contribution in [2.75, 3.05) is 30.0 Å². The van der Waals surface area contributed by atoms with Gasteiger partial charge in [-0.05, 0) is 80.3 Å². The van der Waals surface area contributed by atoms with E-state index in [1.165, 1.54) is 41.4 Å². The summed E-state index contributed by atoms with van der Waals surface area (Å²) in [5, 5.41) is 20.2. The number of aromatic nitrogens is 1. The lowest BCUT2D eigenvalue weighted by Crippen LogP contribution is -2.42. The number of β-amino-alcohol motifs (C(OH)–C–C–N with tert-alkyl or cyclic N) is 1. The van der Waals surface area contributed by atoms with Crippen LogP contribution in [0.15, 0.2) is 48.7 Å². The molecule has 0 unspecified atom stereocenters. The third-order valence-corrected chi connectivity index (χ3v) is 7.48. The van der Waals surface area contributed by atoms with Crippen molar-refractivity contribution >= 4 is 29.0 Å².